The molecule has 202 valence electrons. The lowest BCUT2D eigenvalue weighted by molar-refractivity contribution is -0.137. The van der Waals surface area contributed by atoms with Crippen molar-refractivity contribution >= 4 is 35.3 Å². The van der Waals surface area contributed by atoms with Crippen molar-refractivity contribution in [3.8, 4) is 5.75 Å². The number of rotatable bonds is 10. The van der Waals surface area contributed by atoms with Gasteiger partial charge >= 0.3 is 14.0 Å². The minimum Gasteiger partial charge on any atom is -0.403 e. The van der Waals surface area contributed by atoms with Crippen LogP contribution in [0, 0.1) is 0 Å². The lowest BCUT2D eigenvalue weighted by Crippen LogP contribution is -2.14. The molecule has 1 amide bonds. The predicted molar refractivity (Wildman–Crippen MR) is 144 cm³/mol. The summed E-state index contributed by atoms with van der Waals surface area (Å²) in [5.74, 6) is -0.809. The number of nitrogens with one attached hydrogen (secondary N) is 1. The molecule has 0 fully saturated rings. The van der Waals surface area contributed by atoms with Gasteiger partial charge in [-0.15, -0.1) is 0 Å². The number of carbonyl (C=O) groups excluding carboxylic acids is 1. The Kier molecular flexibility index (Phi) is 9.24. The van der Waals surface area contributed by atoms with Crippen LogP contribution in [0.4, 0.5) is 18.9 Å². The van der Waals surface area contributed by atoms with Gasteiger partial charge in [-0.2, -0.15) is 13.2 Å². The quantitative estimate of drug-likeness (QED) is 0.180. The molecule has 0 unspecified atom stereocenters. The van der Waals surface area contributed by atoms with Gasteiger partial charge in [-0.25, -0.2) is 4.57 Å². The average molecular weight is 620 g/mol. The maximum absolute atomic E-state index is 13.8. The summed E-state index contributed by atoms with van der Waals surface area (Å²) in [4.78, 5) is 13.1. The molecule has 6 nitrogen and oxygen atoms in total. The fourth-order valence-corrected chi connectivity index (χ4v) is 4.92. The summed E-state index contributed by atoms with van der Waals surface area (Å²) >= 11 is 3.29. The Morgan fingerprint density at radius 3 is 1.85 bits per heavy atom. The van der Waals surface area contributed by atoms with E-state index in [2.05, 4.69) is 21.2 Å². The molecule has 0 bridgehead atoms. The second kappa shape index (κ2) is 12.6. The normalized spacial score (nSPS) is 11.7. The first-order valence-electron chi connectivity index (χ1n) is 11.6. The smallest absolute Gasteiger partial charge is 0.403 e. The predicted octanol–water partition coefficient (Wildman–Crippen LogP) is 8.64. The van der Waals surface area contributed by atoms with Crippen LogP contribution in [0.25, 0.3) is 0 Å². The van der Waals surface area contributed by atoms with E-state index in [1.807, 2.05) is 12.1 Å². The Hall–Kier alpha value is -3.43. The van der Waals surface area contributed by atoms with E-state index in [1.165, 1.54) is 12.1 Å². The Labute approximate surface area is 231 Å². The number of phosphoric ester groups is 1. The van der Waals surface area contributed by atoms with Crippen molar-refractivity contribution < 1.29 is 36.1 Å². The van der Waals surface area contributed by atoms with Crippen LogP contribution in [-0.2, 0) is 33.0 Å². The van der Waals surface area contributed by atoms with E-state index < -0.39 is 25.5 Å². The molecular weight excluding hydrogens is 598 g/mol. The van der Waals surface area contributed by atoms with Gasteiger partial charge in [0.2, 0.25) is 0 Å². The molecule has 0 heterocycles. The van der Waals surface area contributed by atoms with Crippen LogP contribution in [0.5, 0.6) is 5.75 Å². The van der Waals surface area contributed by atoms with Crippen molar-refractivity contribution in [2.24, 2.45) is 0 Å². The number of carbonyl (C=O) groups is 1. The van der Waals surface area contributed by atoms with E-state index in [-0.39, 0.29) is 30.2 Å². The molecule has 0 aromatic heterocycles. The fraction of sp³-hybridized carbons (Fsp3) is 0.107. The van der Waals surface area contributed by atoms with Crippen molar-refractivity contribution in [2.75, 3.05) is 5.32 Å². The zero-order valence-electron chi connectivity index (χ0n) is 20.2. The van der Waals surface area contributed by atoms with Crippen LogP contribution in [-0.4, -0.2) is 5.91 Å². The standard InChI is InChI=1S/C28H22BrF3NO5P/c29-23-13-16-26(25(17-23)27(34)33-24-14-11-22(12-15-24)28(30,31)32)38-39(35,36-18-20-7-3-1-4-8-20)37-19-21-9-5-2-6-10-21/h1-17H,18-19H2,(H,33,34). The topological polar surface area (TPSA) is 73.9 Å². The number of amides is 1. The highest BCUT2D eigenvalue weighted by Gasteiger charge is 2.32. The van der Waals surface area contributed by atoms with Crippen LogP contribution >= 0.6 is 23.8 Å². The summed E-state index contributed by atoms with van der Waals surface area (Å²) < 4.78 is 69.9. The number of halogens is 4. The molecule has 0 saturated carbocycles. The zero-order valence-corrected chi connectivity index (χ0v) is 22.7. The molecule has 0 saturated heterocycles. The highest BCUT2D eigenvalue weighted by atomic mass is 79.9. The van der Waals surface area contributed by atoms with Gasteiger partial charge in [0.15, 0.2) is 0 Å². The fourth-order valence-electron chi connectivity index (χ4n) is 3.37. The SMILES string of the molecule is O=C(Nc1ccc(C(F)(F)F)cc1)c1cc(Br)ccc1OP(=O)(OCc1ccccc1)OCc1ccccc1. The molecule has 4 rings (SSSR count). The number of benzene rings is 4. The van der Waals surface area contributed by atoms with Gasteiger partial charge in [-0.1, -0.05) is 76.6 Å². The lowest BCUT2D eigenvalue weighted by Gasteiger charge is -2.20. The van der Waals surface area contributed by atoms with Gasteiger partial charge in [-0.05, 0) is 53.6 Å². The summed E-state index contributed by atoms with van der Waals surface area (Å²) in [6, 6.07) is 26.4. The van der Waals surface area contributed by atoms with Gasteiger partial charge in [0, 0.05) is 10.2 Å². The number of phosphoric acid groups is 1. The molecule has 0 spiro atoms. The van der Waals surface area contributed by atoms with E-state index in [0.29, 0.717) is 4.47 Å². The highest BCUT2D eigenvalue weighted by Crippen LogP contribution is 2.52. The molecule has 4 aromatic carbocycles. The summed E-state index contributed by atoms with van der Waals surface area (Å²) in [5, 5.41) is 2.53. The maximum atomic E-state index is 13.8. The third-order valence-corrected chi connectivity index (χ3v) is 7.14. The molecule has 4 aromatic rings. The van der Waals surface area contributed by atoms with Gasteiger partial charge in [0.1, 0.15) is 5.75 Å². The zero-order chi connectivity index (χ0) is 27.9. The Morgan fingerprint density at radius 1 is 0.795 bits per heavy atom. The highest BCUT2D eigenvalue weighted by molar-refractivity contribution is 9.10. The van der Waals surface area contributed by atoms with Crippen LogP contribution in [0.2, 0.25) is 0 Å². The Bertz CT molecular complexity index is 1400. The average Bonchev–Trinajstić information content (AvgIpc) is 2.93. The van der Waals surface area contributed by atoms with E-state index in [9.17, 15) is 22.5 Å². The summed E-state index contributed by atoms with van der Waals surface area (Å²) in [7, 11) is -4.28. The molecule has 0 aliphatic rings. The van der Waals surface area contributed by atoms with Crippen LogP contribution < -0.4 is 9.84 Å². The first-order valence-corrected chi connectivity index (χ1v) is 13.8. The van der Waals surface area contributed by atoms with Crippen molar-refractivity contribution in [1.82, 2.24) is 0 Å². The summed E-state index contributed by atoms with van der Waals surface area (Å²) in [6.45, 7) is -0.174. The molecule has 11 heteroatoms. The largest absolute Gasteiger partial charge is 0.530 e. The van der Waals surface area contributed by atoms with E-state index >= 15 is 0 Å². The first kappa shape index (κ1) is 28.6. The molecular formula is C28H22BrF3NO5P. The van der Waals surface area contributed by atoms with Crippen molar-refractivity contribution in [2.45, 2.75) is 19.4 Å². The molecule has 0 atom stereocenters. The molecule has 1 N–H and O–H groups in total. The number of hydrogen-bond acceptors (Lipinski definition) is 5. The minimum atomic E-state index is -4.51. The number of anilines is 1. The van der Waals surface area contributed by atoms with Gasteiger partial charge < -0.3 is 9.84 Å². The molecule has 0 aliphatic carbocycles. The van der Waals surface area contributed by atoms with Crippen LogP contribution in [0.15, 0.2) is 108 Å². The van der Waals surface area contributed by atoms with Crippen molar-refractivity contribution in [3.63, 3.8) is 0 Å². The van der Waals surface area contributed by atoms with E-state index in [4.69, 9.17) is 13.6 Å². The van der Waals surface area contributed by atoms with E-state index in [0.717, 1.165) is 35.4 Å². The monoisotopic (exact) mass is 619 g/mol. The Morgan fingerprint density at radius 2 is 1.33 bits per heavy atom. The third-order valence-electron chi connectivity index (χ3n) is 5.33. The first-order chi connectivity index (χ1) is 18.6. The van der Waals surface area contributed by atoms with Crippen molar-refractivity contribution in [3.05, 3.63) is 130 Å². The van der Waals surface area contributed by atoms with Gasteiger partial charge in [-0.3, -0.25) is 13.8 Å². The van der Waals surface area contributed by atoms with Gasteiger partial charge in [0.25, 0.3) is 5.91 Å². The second-order valence-corrected chi connectivity index (χ2v) is 10.7. The second-order valence-electron chi connectivity index (χ2n) is 8.23. The van der Waals surface area contributed by atoms with Crippen LogP contribution in [0.1, 0.15) is 27.0 Å². The molecule has 0 radical (unpaired) electrons. The third kappa shape index (κ3) is 8.28. The summed E-state index contributed by atoms with van der Waals surface area (Å²) in [5.41, 5.74) is 0.680. The number of hydrogen-bond donors (Lipinski definition) is 1. The Balaban J connectivity index is 1.57. The van der Waals surface area contributed by atoms with Crippen molar-refractivity contribution in [1.29, 1.82) is 0 Å². The molecule has 39 heavy (non-hydrogen) atoms. The minimum absolute atomic E-state index is 0.0453. The lowest BCUT2D eigenvalue weighted by atomic mass is 10.1. The van der Waals surface area contributed by atoms with Gasteiger partial charge in [0.05, 0.1) is 24.3 Å². The summed E-state index contributed by atoms with van der Waals surface area (Å²) in [6.07, 6.45) is -4.51. The molecule has 0 aliphatic heterocycles. The number of alkyl halides is 3. The van der Waals surface area contributed by atoms with Crippen LogP contribution in [0.3, 0.4) is 0 Å². The maximum Gasteiger partial charge on any atom is 0.530 e. The van der Waals surface area contributed by atoms with E-state index in [1.54, 1.807) is 54.6 Å².